The molecule has 0 saturated heterocycles. The number of aryl methyl sites for hydroxylation is 1. The number of nitrogens with one attached hydrogen (secondary N) is 2. The SMILES string of the molecule is Cc1ccc(S(=O)(=O)NC(c2ccc(C#N)cc2)c2c[nH]c3ccccc23)cc1. The van der Waals surface area contributed by atoms with Crippen molar-refractivity contribution in [2.45, 2.75) is 17.9 Å². The molecule has 0 fully saturated rings. The van der Waals surface area contributed by atoms with E-state index in [9.17, 15) is 8.42 Å². The average Bonchev–Trinajstić information content (AvgIpc) is 3.16. The van der Waals surface area contributed by atoms with Gasteiger partial charge in [0.15, 0.2) is 0 Å². The predicted octanol–water partition coefficient (Wildman–Crippen LogP) is 4.42. The highest BCUT2D eigenvalue weighted by atomic mass is 32.2. The Morgan fingerprint density at radius 2 is 1.66 bits per heavy atom. The number of rotatable bonds is 5. The van der Waals surface area contributed by atoms with Crippen LogP contribution in [-0.4, -0.2) is 13.4 Å². The summed E-state index contributed by atoms with van der Waals surface area (Å²) in [4.78, 5) is 3.42. The quantitative estimate of drug-likeness (QED) is 0.519. The first-order valence-electron chi connectivity index (χ1n) is 9.13. The predicted molar refractivity (Wildman–Crippen MR) is 113 cm³/mol. The molecule has 0 aliphatic carbocycles. The Bertz CT molecular complexity index is 1300. The number of benzene rings is 3. The van der Waals surface area contributed by atoms with Gasteiger partial charge in [0.05, 0.1) is 22.6 Å². The molecule has 0 aliphatic rings. The van der Waals surface area contributed by atoms with Crippen LogP contribution in [0.1, 0.15) is 28.3 Å². The highest BCUT2D eigenvalue weighted by Crippen LogP contribution is 2.30. The van der Waals surface area contributed by atoms with Crippen LogP contribution in [0.25, 0.3) is 10.9 Å². The van der Waals surface area contributed by atoms with Crippen molar-refractivity contribution < 1.29 is 8.42 Å². The van der Waals surface area contributed by atoms with E-state index in [-0.39, 0.29) is 4.90 Å². The van der Waals surface area contributed by atoms with Gasteiger partial charge in [-0.05, 0) is 48.4 Å². The molecule has 1 unspecified atom stereocenters. The van der Waals surface area contributed by atoms with Crippen molar-refractivity contribution in [2.24, 2.45) is 0 Å². The van der Waals surface area contributed by atoms with Crippen LogP contribution in [-0.2, 0) is 10.0 Å². The minimum absolute atomic E-state index is 0.210. The third-order valence-corrected chi connectivity index (χ3v) is 6.35. The van der Waals surface area contributed by atoms with Crippen molar-refractivity contribution >= 4 is 20.9 Å². The van der Waals surface area contributed by atoms with Crippen molar-refractivity contribution in [2.75, 3.05) is 0 Å². The summed E-state index contributed by atoms with van der Waals surface area (Å²) in [6.45, 7) is 1.91. The number of para-hydroxylation sites is 1. The lowest BCUT2D eigenvalue weighted by molar-refractivity contribution is 0.572. The van der Waals surface area contributed by atoms with Crippen LogP contribution in [0.2, 0.25) is 0 Å². The van der Waals surface area contributed by atoms with Crippen molar-refractivity contribution in [3.05, 3.63) is 101 Å². The maximum Gasteiger partial charge on any atom is 0.241 e. The van der Waals surface area contributed by atoms with Gasteiger partial charge in [-0.15, -0.1) is 0 Å². The first kappa shape index (κ1) is 18.9. The average molecular weight is 401 g/mol. The van der Waals surface area contributed by atoms with Crippen molar-refractivity contribution in [1.82, 2.24) is 9.71 Å². The number of fused-ring (bicyclic) bond motifs is 1. The van der Waals surface area contributed by atoms with Gasteiger partial charge in [-0.25, -0.2) is 8.42 Å². The van der Waals surface area contributed by atoms with Gasteiger partial charge in [-0.1, -0.05) is 48.0 Å². The first-order chi connectivity index (χ1) is 14.0. The molecule has 5 nitrogen and oxygen atoms in total. The molecule has 144 valence electrons. The van der Waals surface area contributed by atoms with Crippen LogP contribution in [0.4, 0.5) is 0 Å². The summed E-state index contributed by atoms with van der Waals surface area (Å²) in [5.41, 5.74) is 4.01. The molecule has 0 bridgehead atoms. The second-order valence-corrected chi connectivity index (χ2v) is 8.60. The zero-order valence-corrected chi connectivity index (χ0v) is 16.6. The molecule has 1 atom stereocenters. The number of hydrogen-bond acceptors (Lipinski definition) is 3. The fraction of sp³-hybridized carbons (Fsp3) is 0.0870. The molecule has 0 radical (unpaired) electrons. The van der Waals surface area contributed by atoms with E-state index in [0.29, 0.717) is 5.56 Å². The van der Waals surface area contributed by atoms with Gasteiger partial charge >= 0.3 is 0 Å². The number of sulfonamides is 1. The van der Waals surface area contributed by atoms with Crippen LogP contribution in [0, 0.1) is 18.3 Å². The number of H-pyrrole nitrogens is 1. The molecule has 0 spiro atoms. The Kier molecular flexibility index (Phi) is 4.93. The largest absolute Gasteiger partial charge is 0.361 e. The minimum Gasteiger partial charge on any atom is -0.361 e. The summed E-state index contributed by atoms with van der Waals surface area (Å²) in [6, 6.07) is 22.9. The normalized spacial score (nSPS) is 12.6. The van der Waals surface area contributed by atoms with Crippen LogP contribution in [0.3, 0.4) is 0 Å². The summed E-state index contributed by atoms with van der Waals surface area (Å²) in [7, 11) is -3.76. The van der Waals surface area contributed by atoms with Gasteiger partial charge < -0.3 is 4.98 Å². The maximum atomic E-state index is 13.1. The highest BCUT2D eigenvalue weighted by Gasteiger charge is 2.25. The molecule has 4 rings (SSSR count). The van der Waals surface area contributed by atoms with Crippen molar-refractivity contribution in [3.8, 4) is 6.07 Å². The first-order valence-corrected chi connectivity index (χ1v) is 10.6. The number of nitriles is 1. The molecule has 3 aromatic carbocycles. The van der Waals surface area contributed by atoms with Crippen LogP contribution < -0.4 is 4.72 Å². The zero-order valence-electron chi connectivity index (χ0n) is 15.8. The van der Waals surface area contributed by atoms with Crippen LogP contribution in [0.15, 0.2) is 83.9 Å². The zero-order chi connectivity index (χ0) is 20.4. The van der Waals surface area contributed by atoms with E-state index < -0.39 is 16.1 Å². The lowest BCUT2D eigenvalue weighted by Gasteiger charge is -2.19. The monoisotopic (exact) mass is 401 g/mol. The second kappa shape index (κ2) is 7.55. The van der Waals surface area contributed by atoms with Gasteiger partial charge in [0.25, 0.3) is 0 Å². The molecule has 1 aromatic heterocycles. The molecular formula is C23H19N3O2S. The molecule has 4 aromatic rings. The summed E-state index contributed by atoms with van der Waals surface area (Å²) in [6.07, 6.45) is 1.82. The number of aromatic nitrogens is 1. The van der Waals surface area contributed by atoms with Crippen molar-refractivity contribution in [3.63, 3.8) is 0 Å². The minimum atomic E-state index is -3.76. The third-order valence-electron chi connectivity index (χ3n) is 4.91. The Morgan fingerprint density at radius 3 is 2.34 bits per heavy atom. The summed E-state index contributed by atoms with van der Waals surface area (Å²) in [5.74, 6) is 0. The lowest BCUT2D eigenvalue weighted by atomic mass is 9.98. The molecule has 0 amide bonds. The van der Waals surface area contributed by atoms with Crippen LogP contribution in [0.5, 0.6) is 0 Å². The smallest absolute Gasteiger partial charge is 0.241 e. The molecule has 2 N–H and O–H groups in total. The highest BCUT2D eigenvalue weighted by molar-refractivity contribution is 7.89. The third kappa shape index (κ3) is 3.79. The summed E-state index contributed by atoms with van der Waals surface area (Å²) in [5, 5.41) is 10.0. The molecule has 0 aliphatic heterocycles. The van der Waals surface area contributed by atoms with Gasteiger partial charge in [-0.3, -0.25) is 0 Å². The lowest BCUT2D eigenvalue weighted by Crippen LogP contribution is -2.29. The summed E-state index contributed by atoms with van der Waals surface area (Å²) < 4.78 is 29.1. The second-order valence-electron chi connectivity index (χ2n) is 6.89. The number of aromatic amines is 1. The molecule has 0 saturated carbocycles. The van der Waals surface area contributed by atoms with E-state index in [2.05, 4.69) is 15.8 Å². The van der Waals surface area contributed by atoms with E-state index >= 15 is 0 Å². The molecule has 1 heterocycles. The Labute approximate surface area is 169 Å². The Hall–Kier alpha value is -3.40. The fourth-order valence-corrected chi connectivity index (χ4v) is 4.54. The van der Waals surface area contributed by atoms with E-state index in [1.165, 1.54) is 0 Å². The van der Waals surface area contributed by atoms with E-state index in [1.807, 2.05) is 37.4 Å². The molecule has 6 heteroatoms. The van der Waals surface area contributed by atoms with Crippen molar-refractivity contribution in [1.29, 1.82) is 5.26 Å². The van der Waals surface area contributed by atoms with Crippen LogP contribution >= 0.6 is 0 Å². The summed E-state index contributed by atoms with van der Waals surface area (Å²) >= 11 is 0. The maximum absolute atomic E-state index is 13.1. The number of hydrogen-bond donors (Lipinski definition) is 2. The standard InChI is InChI=1S/C23H19N3O2S/c1-16-6-12-19(13-7-16)29(27,28)26-23(18-10-8-17(14-24)9-11-18)21-15-25-22-5-3-2-4-20(21)22/h2-13,15,23,25-26H,1H3. The molecule has 29 heavy (non-hydrogen) atoms. The Balaban J connectivity index is 1.82. The van der Waals surface area contributed by atoms with E-state index in [0.717, 1.165) is 27.6 Å². The van der Waals surface area contributed by atoms with E-state index in [1.54, 1.807) is 48.5 Å². The van der Waals surface area contributed by atoms with Gasteiger partial charge in [0.2, 0.25) is 10.0 Å². The molecular weight excluding hydrogens is 382 g/mol. The number of nitrogens with zero attached hydrogens (tertiary/aromatic N) is 1. The van der Waals surface area contributed by atoms with Gasteiger partial charge in [0.1, 0.15) is 0 Å². The van der Waals surface area contributed by atoms with Gasteiger partial charge in [-0.2, -0.15) is 9.98 Å². The van der Waals surface area contributed by atoms with Gasteiger partial charge in [0, 0.05) is 17.1 Å². The Morgan fingerprint density at radius 1 is 0.966 bits per heavy atom. The van der Waals surface area contributed by atoms with E-state index in [4.69, 9.17) is 5.26 Å². The fourth-order valence-electron chi connectivity index (χ4n) is 3.33. The topological polar surface area (TPSA) is 85.8 Å².